The Hall–Kier alpha value is -0.590. The van der Waals surface area contributed by atoms with Crippen molar-refractivity contribution >= 4 is 6.21 Å². The summed E-state index contributed by atoms with van der Waals surface area (Å²) in [7, 11) is 0. The van der Waals surface area contributed by atoms with Crippen LogP contribution in [-0.2, 0) is 0 Å². The molecule has 0 radical (unpaired) electrons. The summed E-state index contributed by atoms with van der Waals surface area (Å²) < 4.78 is 0. The lowest BCUT2D eigenvalue weighted by Crippen LogP contribution is -2.03. The third-order valence-electron chi connectivity index (χ3n) is 2.12. The molecule has 0 bridgehead atoms. The van der Waals surface area contributed by atoms with Crippen LogP contribution in [0.3, 0.4) is 0 Å². The molecule has 0 aliphatic carbocycles. The van der Waals surface area contributed by atoms with E-state index in [4.69, 9.17) is 0 Å². The van der Waals surface area contributed by atoms with Gasteiger partial charge in [0.05, 0.1) is 0 Å². The molecule has 1 atom stereocenters. The molecule has 0 saturated carbocycles. The second kappa shape index (κ2) is 3.21. The van der Waals surface area contributed by atoms with Gasteiger partial charge >= 0.3 is 0 Å². The molecule has 0 aromatic rings. The zero-order chi connectivity index (χ0) is 8.43. The Kier molecular flexibility index (Phi) is 2.48. The average molecular weight is 151 g/mol. The maximum absolute atomic E-state index is 4.37. The van der Waals surface area contributed by atoms with E-state index in [0.717, 1.165) is 0 Å². The summed E-state index contributed by atoms with van der Waals surface area (Å²) in [6.45, 7) is 8.84. The number of nitrogens with zero attached hydrogens (tertiary/aromatic N) is 1. The van der Waals surface area contributed by atoms with E-state index in [0.29, 0.717) is 17.8 Å². The molecule has 62 valence electrons. The Bertz CT molecular complexity index is 187. The highest BCUT2D eigenvalue weighted by Crippen LogP contribution is 2.23. The fourth-order valence-corrected chi connectivity index (χ4v) is 1.16. The van der Waals surface area contributed by atoms with E-state index in [1.165, 1.54) is 5.70 Å². The fourth-order valence-electron chi connectivity index (χ4n) is 1.16. The van der Waals surface area contributed by atoms with Gasteiger partial charge in [-0.1, -0.05) is 33.8 Å². The largest absolute Gasteiger partial charge is 0.265 e. The Morgan fingerprint density at radius 2 is 1.91 bits per heavy atom. The molecule has 0 aromatic heterocycles. The summed E-state index contributed by atoms with van der Waals surface area (Å²) in [6.07, 6.45) is 4.36. The first-order chi connectivity index (χ1) is 5.11. The lowest BCUT2D eigenvalue weighted by Gasteiger charge is -2.07. The molecule has 0 N–H and O–H groups in total. The SMILES string of the molecule is CC(C)C1=CC(C(C)C)C=N1. The van der Waals surface area contributed by atoms with Crippen molar-refractivity contribution in [2.45, 2.75) is 27.7 Å². The Balaban J connectivity index is 2.63. The van der Waals surface area contributed by atoms with E-state index in [-0.39, 0.29) is 0 Å². The van der Waals surface area contributed by atoms with Gasteiger partial charge in [-0.15, -0.1) is 0 Å². The zero-order valence-corrected chi connectivity index (χ0v) is 7.83. The smallest absolute Gasteiger partial charge is 0.0392 e. The van der Waals surface area contributed by atoms with Crippen LogP contribution in [0.2, 0.25) is 0 Å². The Morgan fingerprint density at radius 3 is 2.18 bits per heavy atom. The topological polar surface area (TPSA) is 12.4 Å². The molecule has 0 fully saturated rings. The standard InChI is InChI=1S/C10H17N/c1-7(2)9-5-10(8(3)4)11-6-9/h5-9H,1-4H3. The molecule has 1 aliphatic heterocycles. The highest BCUT2D eigenvalue weighted by atomic mass is 14.8. The highest BCUT2D eigenvalue weighted by Gasteiger charge is 2.15. The van der Waals surface area contributed by atoms with Gasteiger partial charge in [-0.3, -0.25) is 4.99 Å². The van der Waals surface area contributed by atoms with Crippen LogP contribution in [0.1, 0.15) is 27.7 Å². The third kappa shape index (κ3) is 1.92. The summed E-state index contributed by atoms with van der Waals surface area (Å²) >= 11 is 0. The molecule has 1 nitrogen and oxygen atoms in total. The van der Waals surface area contributed by atoms with Crippen molar-refractivity contribution in [2.75, 3.05) is 0 Å². The predicted octanol–water partition coefficient (Wildman–Crippen LogP) is 2.88. The van der Waals surface area contributed by atoms with E-state index >= 15 is 0 Å². The van der Waals surface area contributed by atoms with Crippen molar-refractivity contribution in [2.24, 2.45) is 22.7 Å². The van der Waals surface area contributed by atoms with Crippen LogP contribution in [0.4, 0.5) is 0 Å². The van der Waals surface area contributed by atoms with E-state index < -0.39 is 0 Å². The quantitative estimate of drug-likeness (QED) is 0.575. The van der Waals surface area contributed by atoms with Gasteiger partial charge in [0.15, 0.2) is 0 Å². The van der Waals surface area contributed by atoms with Crippen molar-refractivity contribution in [3.63, 3.8) is 0 Å². The lowest BCUT2D eigenvalue weighted by molar-refractivity contribution is 0.586. The van der Waals surface area contributed by atoms with E-state index in [1.54, 1.807) is 0 Å². The number of aliphatic imine (C=N–C) groups is 1. The molecule has 1 heteroatoms. The minimum atomic E-state index is 0.576. The average Bonchev–Trinajstić information content (AvgIpc) is 2.33. The van der Waals surface area contributed by atoms with Gasteiger partial charge in [0.25, 0.3) is 0 Å². The van der Waals surface area contributed by atoms with Crippen molar-refractivity contribution in [1.82, 2.24) is 0 Å². The molecule has 0 aromatic carbocycles. The fraction of sp³-hybridized carbons (Fsp3) is 0.700. The van der Waals surface area contributed by atoms with Crippen LogP contribution in [0.15, 0.2) is 16.8 Å². The van der Waals surface area contributed by atoms with Gasteiger partial charge in [0, 0.05) is 17.8 Å². The molecule has 1 heterocycles. The summed E-state index contributed by atoms with van der Waals surface area (Å²) in [5.41, 5.74) is 1.25. The van der Waals surface area contributed by atoms with Crippen LogP contribution in [0.25, 0.3) is 0 Å². The molecule has 1 rings (SSSR count). The van der Waals surface area contributed by atoms with Crippen LogP contribution in [0, 0.1) is 17.8 Å². The number of allylic oxidation sites excluding steroid dienone is 2. The highest BCUT2D eigenvalue weighted by molar-refractivity contribution is 5.68. The van der Waals surface area contributed by atoms with Gasteiger partial charge < -0.3 is 0 Å². The molecule has 0 spiro atoms. The van der Waals surface area contributed by atoms with Crippen molar-refractivity contribution in [3.8, 4) is 0 Å². The van der Waals surface area contributed by atoms with Crippen LogP contribution < -0.4 is 0 Å². The van der Waals surface area contributed by atoms with E-state index in [9.17, 15) is 0 Å². The van der Waals surface area contributed by atoms with Crippen LogP contribution in [-0.4, -0.2) is 6.21 Å². The summed E-state index contributed by atoms with van der Waals surface area (Å²) in [5, 5.41) is 0. The van der Waals surface area contributed by atoms with Crippen molar-refractivity contribution < 1.29 is 0 Å². The molecular formula is C10H17N. The van der Waals surface area contributed by atoms with Gasteiger partial charge in [0.1, 0.15) is 0 Å². The maximum atomic E-state index is 4.37. The van der Waals surface area contributed by atoms with Crippen LogP contribution in [0.5, 0.6) is 0 Å². The molecule has 11 heavy (non-hydrogen) atoms. The first kappa shape index (κ1) is 8.51. The minimum absolute atomic E-state index is 0.576. The molecule has 1 unspecified atom stereocenters. The molecular weight excluding hydrogens is 134 g/mol. The van der Waals surface area contributed by atoms with Gasteiger partial charge in [0.2, 0.25) is 0 Å². The second-order valence-corrected chi connectivity index (χ2v) is 3.85. The molecule has 1 aliphatic rings. The van der Waals surface area contributed by atoms with Gasteiger partial charge in [-0.2, -0.15) is 0 Å². The Morgan fingerprint density at radius 1 is 1.27 bits per heavy atom. The first-order valence-electron chi connectivity index (χ1n) is 4.37. The zero-order valence-electron chi connectivity index (χ0n) is 7.83. The number of hydrogen-bond acceptors (Lipinski definition) is 1. The van der Waals surface area contributed by atoms with E-state index in [1.807, 2.05) is 0 Å². The minimum Gasteiger partial charge on any atom is -0.265 e. The van der Waals surface area contributed by atoms with Gasteiger partial charge in [-0.05, 0) is 11.8 Å². The predicted molar refractivity (Wildman–Crippen MR) is 49.7 cm³/mol. The summed E-state index contributed by atoms with van der Waals surface area (Å²) in [4.78, 5) is 4.37. The number of hydrogen-bond donors (Lipinski definition) is 0. The Labute approximate surface area is 69.2 Å². The molecule has 0 saturated heterocycles. The second-order valence-electron chi connectivity index (χ2n) is 3.85. The first-order valence-corrected chi connectivity index (χ1v) is 4.37. The van der Waals surface area contributed by atoms with E-state index in [2.05, 4.69) is 45.0 Å². The monoisotopic (exact) mass is 151 g/mol. The molecule has 0 amide bonds. The number of rotatable bonds is 2. The summed E-state index contributed by atoms with van der Waals surface area (Å²) in [6, 6.07) is 0. The maximum Gasteiger partial charge on any atom is 0.0392 e. The third-order valence-corrected chi connectivity index (χ3v) is 2.12. The summed E-state index contributed by atoms with van der Waals surface area (Å²) in [5.74, 6) is 1.84. The van der Waals surface area contributed by atoms with Crippen molar-refractivity contribution in [1.29, 1.82) is 0 Å². The van der Waals surface area contributed by atoms with Crippen LogP contribution >= 0.6 is 0 Å². The van der Waals surface area contributed by atoms with Crippen molar-refractivity contribution in [3.05, 3.63) is 11.8 Å². The van der Waals surface area contributed by atoms with Gasteiger partial charge in [-0.25, -0.2) is 0 Å². The normalized spacial score (nSPS) is 23.5. The lowest BCUT2D eigenvalue weighted by atomic mass is 9.96.